The molecule has 1 saturated heterocycles. The van der Waals surface area contributed by atoms with Gasteiger partial charge in [-0.2, -0.15) is 9.78 Å². The van der Waals surface area contributed by atoms with Gasteiger partial charge < -0.3 is 19.7 Å². The van der Waals surface area contributed by atoms with Crippen LogP contribution in [0.25, 0.3) is 17.0 Å². The van der Waals surface area contributed by atoms with E-state index < -0.39 is 0 Å². The van der Waals surface area contributed by atoms with Crippen LogP contribution >= 0.6 is 0 Å². The molecule has 6 rings (SSSR count). The summed E-state index contributed by atoms with van der Waals surface area (Å²) in [7, 11) is 0. The van der Waals surface area contributed by atoms with E-state index in [-0.39, 0.29) is 30.3 Å². The number of ether oxygens (including phenoxy) is 1. The monoisotopic (exact) mass is 539 g/mol. The van der Waals surface area contributed by atoms with Crippen molar-refractivity contribution in [2.24, 2.45) is 0 Å². The Morgan fingerprint density at radius 2 is 1.77 bits per heavy atom. The summed E-state index contributed by atoms with van der Waals surface area (Å²) in [6.45, 7) is 1.25. The molecule has 2 N–H and O–H groups in total. The number of aromatic amines is 1. The summed E-state index contributed by atoms with van der Waals surface area (Å²) in [5, 5.41) is 16.2. The van der Waals surface area contributed by atoms with Gasteiger partial charge in [0.05, 0.1) is 16.7 Å². The van der Waals surface area contributed by atoms with Crippen LogP contribution in [0.2, 0.25) is 0 Å². The second-order valence-electron chi connectivity index (χ2n) is 10.1. The van der Waals surface area contributed by atoms with E-state index in [2.05, 4.69) is 9.97 Å². The smallest absolute Gasteiger partial charge is 0.410 e. The Kier molecular flexibility index (Phi) is 7.18. The molecule has 0 spiro atoms. The summed E-state index contributed by atoms with van der Waals surface area (Å²) in [6, 6.07) is 23.6. The number of fused-ring (bicyclic) bond motifs is 1. The molecular formula is C31H30FN5O3. The average molecular weight is 540 g/mol. The molecule has 1 aliphatic rings. The molecular weight excluding hydrogens is 509 g/mol. The van der Waals surface area contributed by atoms with Gasteiger partial charge in [0.25, 0.3) is 0 Å². The van der Waals surface area contributed by atoms with Gasteiger partial charge in [0, 0.05) is 24.6 Å². The van der Waals surface area contributed by atoms with Crippen LogP contribution in [0, 0.1) is 5.82 Å². The molecule has 0 radical (unpaired) electrons. The van der Waals surface area contributed by atoms with Gasteiger partial charge in [-0.05, 0) is 61.1 Å². The fourth-order valence-corrected chi connectivity index (χ4v) is 5.31. The summed E-state index contributed by atoms with van der Waals surface area (Å²) < 4.78 is 20.5. The van der Waals surface area contributed by atoms with Gasteiger partial charge in [-0.25, -0.2) is 14.2 Å². The molecule has 1 atom stereocenters. The second-order valence-corrected chi connectivity index (χ2v) is 10.1. The number of nitrogens with one attached hydrogen (secondary N) is 1. The highest BCUT2D eigenvalue weighted by atomic mass is 19.1. The molecule has 0 saturated carbocycles. The highest BCUT2D eigenvalue weighted by Crippen LogP contribution is 2.35. The van der Waals surface area contributed by atoms with E-state index in [9.17, 15) is 14.3 Å². The number of hydrogen-bond donors (Lipinski definition) is 2. The van der Waals surface area contributed by atoms with Crippen molar-refractivity contribution in [1.29, 1.82) is 0 Å². The first-order valence-corrected chi connectivity index (χ1v) is 13.5. The van der Waals surface area contributed by atoms with Crippen molar-refractivity contribution in [2.75, 3.05) is 13.1 Å². The van der Waals surface area contributed by atoms with Crippen LogP contribution in [0.15, 0.2) is 78.9 Å². The van der Waals surface area contributed by atoms with E-state index >= 15 is 0 Å². The first-order valence-electron chi connectivity index (χ1n) is 13.5. The zero-order valence-corrected chi connectivity index (χ0v) is 22.0. The lowest BCUT2D eigenvalue weighted by molar-refractivity contribution is 0.0855. The molecule has 204 valence electrons. The Morgan fingerprint density at radius 3 is 2.58 bits per heavy atom. The minimum absolute atomic E-state index is 0.0138. The van der Waals surface area contributed by atoms with Crippen molar-refractivity contribution in [3.63, 3.8) is 0 Å². The van der Waals surface area contributed by atoms with Gasteiger partial charge in [-0.1, -0.05) is 54.6 Å². The van der Waals surface area contributed by atoms with E-state index in [1.165, 1.54) is 16.8 Å². The zero-order valence-electron chi connectivity index (χ0n) is 22.0. The Morgan fingerprint density at radius 1 is 1.00 bits per heavy atom. The predicted octanol–water partition coefficient (Wildman–Crippen LogP) is 5.89. The van der Waals surface area contributed by atoms with E-state index in [1.54, 1.807) is 17.0 Å². The topological polar surface area (TPSA) is 96.3 Å². The third-order valence-electron chi connectivity index (χ3n) is 7.41. The summed E-state index contributed by atoms with van der Waals surface area (Å²) in [5.41, 5.74) is 4.94. The Labute approximate surface area is 231 Å². The van der Waals surface area contributed by atoms with Gasteiger partial charge in [-0.3, -0.25) is 0 Å². The molecule has 3 aromatic carbocycles. The zero-order chi connectivity index (χ0) is 27.5. The van der Waals surface area contributed by atoms with Crippen LogP contribution < -0.4 is 0 Å². The number of aryl methyl sites for hydroxylation is 1. The average Bonchev–Trinajstić information content (AvgIpc) is 3.57. The lowest BCUT2D eigenvalue weighted by atomic mass is 9.91. The minimum atomic E-state index is -0.359. The molecule has 9 heteroatoms. The summed E-state index contributed by atoms with van der Waals surface area (Å²) >= 11 is 0. The van der Waals surface area contributed by atoms with E-state index in [1.807, 2.05) is 54.6 Å². The number of aromatic nitrogens is 4. The number of hydrogen-bond acceptors (Lipinski definition) is 5. The largest absolute Gasteiger partial charge is 0.493 e. The van der Waals surface area contributed by atoms with Crippen molar-refractivity contribution in [3.05, 3.63) is 107 Å². The third kappa shape index (κ3) is 5.40. The maximum Gasteiger partial charge on any atom is 0.410 e. The van der Waals surface area contributed by atoms with Crippen LogP contribution in [0.4, 0.5) is 9.18 Å². The van der Waals surface area contributed by atoms with E-state index in [4.69, 9.17) is 9.84 Å². The van der Waals surface area contributed by atoms with Crippen LogP contribution in [0.5, 0.6) is 5.88 Å². The molecule has 3 heterocycles. The SMILES string of the molecule is O=C(OCc1ccccc1)N1CCCC(c2nn(-c3nc4ccccc4[nH]3)c(O)c2CCc2ccc(F)cc2)C1. The lowest BCUT2D eigenvalue weighted by Crippen LogP contribution is -2.39. The highest BCUT2D eigenvalue weighted by Gasteiger charge is 2.31. The number of amides is 1. The van der Waals surface area contributed by atoms with Crippen molar-refractivity contribution in [2.45, 2.75) is 38.2 Å². The number of aromatic hydroxyl groups is 1. The maximum atomic E-state index is 13.4. The molecule has 1 amide bonds. The first kappa shape index (κ1) is 25.6. The predicted molar refractivity (Wildman–Crippen MR) is 149 cm³/mol. The molecule has 40 heavy (non-hydrogen) atoms. The number of carbonyl (C=O) groups excluding carboxylic acids is 1. The quantitative estimate of drug-likeness (QED) is 0.269. The van der Waals surface area contributed by atoms with Crippen LogP contribution in [-0.4, -0.2) is 48.9 Å². The second kappa shape index (κ2) is 11.2. The molecule has 1 aliphatic heterocycles. The number of nitrogens with zero attached hydrogens (tertiary/aromatic N) is 4. The number of carbonyl (C=O) groups is 1. The number of imidazole rings is 1. The number of H-pyrrole nitrogens is 1. The van der Waals surface area contributed by atoms with Crippen molar-refractivity contribution >= 4 is 17.1 Å². The van der Waals surface area contributed by atoms with Crippen molar-refractivity contribution in [3.8, 4) is 11.8 Å². The molecule has 1 fully saturated rings. The summed E-state index contributed by atoms with van der Waals surface area (Å²) in [6.07, 6.45) is 2.36. The fraction of sp³-hybridized carbons (Fsp3) is 0.258. The van der Waals surface area contributed by atoms with Gasteiger partial charge in [-0.15, -0.1) is 0 Å². The molecule has 1 unspecified atom stereocenters. The van der Waals surface area contributed by atoms with Gasteiger partial charge in [0.15, 0.2) is 0 Å². The third-order valence-corrected chi connectivity index (χ3v) is 7.41. The fourth-order valence-electron chi connectivity index (χ4n) is 5.31. The van der Waals surface area contributed by atoms with Crippen molar-refractivity contribution < 1.29 is 19.0 Å². The van der Waals surface area contributed by atoms with Gasteiger partial charge in [0.2, 0.25) is 11.8 Å². The van der Waals surface area contributed by atoms with Crippen molar-refractivity contribution in [1.82, 2.24) is 24.6 Å². The number of rotatable bonds is 7. The lowest BCUT2D eigenvalue weighted by Gasteiger charge is -2.31. The molecule has 0 aliphatic carbocycles. The number of piperidine rings is 1. The van der Waals surface area contributed by atoms with Crippen LogP contribution in [0.3, 0.4) is 0 Å². The standard InChI is InChI=1S/C31H30FN5O3/c32-24-15-12-21(13-16-24)14-17-25-28(35-37(29(25)38)30-33-26-10-4-5-11-27(26)34-30)23-9-6-18-36(19-23)31(39)40-20-22-7-2-1-3-8-22/h1-5,7-8,10-13,15-16,23,38H,6,9,14,17-20H2,(H,33,34). The first-order chi connectivity index (χ1) is 19.5. The number of benzene rings is 3. The molecule has 0 bridgehead atoms. The summed E-state index contributed by atoms with van der Waals surface area (Å²) in [4.78, 5) is 22.5. The Hall–Kier alpha value is -4.66. The molecule has 2 aromatic heterocycles. The molecule has 8 nitrogen and oxygen atoms in total. The summed E-state index contributed by atoms with van der Waals surface area (Å²) in [5.74, 6) is 0.0621. The number of likely N-dealkylation sites (tertiary alicyclic amines) is 1. The highest BCUT2D eigenvalue weighted by molar-refractivity contribution is 5.76. The van der Waals surface area contributed by atoms with Crippen LogP contribution in [0.1, 0.15) is 41.1 Å². The Bertz CT molecular complexity index is 1580. The van der Waals surface area contributed by atoms with E-state index in [0.29, 0.717) is 37.4 Å². The normalized spacial score (nSPS) is 15.4. The number of halogens is 1. The van der Waals surface area contributed by atoms with Gasteiger partial charge >= 0.3 is 6.09 Å². The minimum Gasteiger partial charge on any atom is -0.493 e. The van der Waals surface area contributed by atoms with E-state index in [0.717, 1.165) is 40.7 Å². The molecule has 5 aromatic rings. The Balaban J connectivity index is 1.27. The van der Waals surface area contributed by atoms with Crippen LogP contribution in [-0.2, 0) is 24.2 Å². The van der Waals surface area contributed by atoms with Gasteiger partial charge in [0.1, 0.15) is 12.4 Å². The maximum absolute atomic E-state index is 13.4. The number of para-hydroxylation sites is 2.